The predicted molar refractivity (Wildman–Crippen MR) is 48.2 cm³/mol. The van der Waals surface area contributed by atoms with Crippen LogP contribution in [0.15, 0.2) is 30.8 Å². The largest absolute Gasteiger partial charge is 0.428 e. The summed E-state index contributed by atoms with van der Waals surface area (Å²) in [6.07, 6.45) is 0. The fourth-order valence-electron chi connectivity index (χ4n) is 0.972. The topological polar surface area (TPSA) is 20.2 Å². The minimum absolute atomic E-state index is 0.189. The number of hydrogen-bond acceptors (Lipinski definition) is 1. The van der Waals surface area contributed by atoms with Gasteiger partial charge in [-0.15, -0.1) is 0 Å². The maximum atomic E-state index is 8.84. The molecule has 0 aromatic heterocycles. The van der Waals surface area contributed by atoms with Gasteiger partial charge in [0.15, 0.2) is 0 Å². The Bertz CT molecular complexity index is 268. The van der Waals surface area contributed by atoms with Crippen LogP contribution in [0, 0.1) is 6.92 Å². The Balaban J connectivity index is 3.03. The van der Waals surface area contributed by atoms with Crippen molar-refractivity contribution in [3.63, 3.8) is 0 Å². The predicted octanol–water partition coefficient (Wildman–Crippen LogP) is 1.58. The minimum atomic E-state index is -0.189. The highest BCUT2D eigenvalue weighted by Gasteiger charge is 2.00. The summed E-state index contributed by atoms with van der Waals surface area (Å²) in [6, 6.07) is 7.92. The van der Waals surface area contributed by atoms with Crippen LogP contribution in [-0.2, 0) is 0 Å². The molecule has 0 bridgehead atoms. The second kappa shape index (κ2) is 3.51. The lowest BCUT2D eigenvalue weighted by Crippen LogP contribution is -1.94. The molecule has 0 spiro atoms. The Labute approximate surface area is 69.3 Å². The third kappa shape index (κ3) is 1.79. The summed E-state index contributed by atoms with van der Waals surface area (Å²) in [5.74, 6) is 0. The smallest absolute Gasteiger partial charge is 0.265 e. The van der Waals surface area contributed by atoms with Gasteiger partial charge in [-0.3, -0.25) is 0 Å². The molecular weight excluding hydrogens is 152 g/mol. The Morgan fingerprint density at radius 3 is 2.64 bits per heavy atom. The molecule has 0 saturated heterocycles. The number of benzene rings is 1. The summed E-state index contributed by atoms with van der Waals surface area (Å²) in [5.41, 5.74) is 2.23. The molecule has 0 aliphatic carbocycles. The quantitative estimate of drug-likeness (QED) is 0.655. The summed E-state index contributed by atoms with van der Waals surface area (Å²) in [4.78, 5) is 8.84. The molecule has 0 fully saturated rings. The van der Waals surface area contributed by atoms with E-state index in [-0.39, 0.29) is 9.76 Å². The van der Waals surface area contributed by atoms with Gasteiger partial charge in [-0.2, -0.15) is 0 Å². The lowest BCUT2D eigenvalue weighted by atomic mass is 10.1. The molecular formula is C9H10OSi. The van der Waals surface area contributed by atoms with Crippen LogP contribution in [0.3, 0.4) is 0 Å². The van der Waals surface area contributed by atoms with E-state index < -0.39 is 0 Å². The Morgan fingerprint density at radius 2 is 2.09 bits per heavy atom. The molecule has 1 aromatic carbocycles. The molecule has 1 N–H and O–H groups in total. The molecule has 0 amide bonds. The van der Waals surface area contributed by atoms with Crippen molar-refractivity contribution in [3.05, 3.63) is 42.0 Å². The Morgan fingerprint density at radius 1 is 1.45 bits per heavy atom. The van der Waals surface area contributed by atoms with Crippen LogP contribution in [0.25, 0.3) is 5.20 Å². The van der Waals surface area contributed by atoms with Crippen LogP contribution in [0.1, 0.15) is 11.1 Å². The van der Waals surface area contributed by atoms with Crippen molar-refractivity contribution in [1.82, 2.24) is 0 Å². The molecule has 0 aliphatic heterocycles. The number of aryl methyl sites for hydroxylation is 1. The van der Waals surface area contributed by atoms with E-state index in [1.165, 1.54) is 5.56 Å². The van der Waals surface area contributed by atoms with Gasteiger partial charge in [0.05, 0.1) is 0 Å². The number of hydrogen-bond donors (Lipinski definition) is 1. The van der Waals surface area contributed by atoms with E-state index in [2.05, 4.69) is 6.58 Å². The van der Waals surface area contributed by atoms with Gasteiger partial charge < -0.3 is 4.80 Å². The van der Waals surface area contributed by atoms with E-state index in [1.807, 2.05) is 31.2 Å². The molecule has 56 valence electrons. The van der Waals surface area contributed by atoms with Gasteiger partial charge in [0.25, 0.3) is 9.76 Å². The van der Waals surface area contributed by atoms with Crippen molar-refractivity contribution in [1.29, 1.82) is 0 Å². The molecule has 0 atom stereocenters. The molecule has 0 unspecified atom stereocenters. The summed E-state index contributed by atoms with van der Waals surface area (Å²) in [5, 5.41) is 0.808. The van der Waals surface area contributed by atoms with E-state index >= 15 is 0 Å². The number of rotatable bonds is 2. The molecule has 11 heavy (non-hydrogen) atoms. The van der Waals surface area contributed by atoms with Gasteiger partial charge in [0, 0.05) is 0 Å². The van der Waals surface area contributed by atoms with E-state index in [0.717, 1.165) is 10.8 Å². The van der Waals surface area contributed by atoms with Gasteiger partial charge in [-0.25, -0.2) is 0 Å². The average Bonchev–Trinajstić information content (AvgIpc) is 2.04. The lowest BCUT2D eigenvalue weighted by molar-refractivity contribution is 0.616. The summed E-state index contributed by atoms with van der Waals surface area (Å²) < 4.78 is 0. The highest BCUT2D eigenvalue weighted by Crippen LogP contribution is 2.14. The third-order valence-corrected chi connectivity index (χ3v) is 2.14. The molecule has 2 radical (unpaired) electrons. The van der Waals surface area contributed by atoms with Crippen molar-refractivity contribution in [2.24, 2.45) is 0 Å². The van der Waals surface area contributed by atoms with E-state index in [9.17, 15) is 0 Å². The van der Waals surface area contributed by atoms with Crippen molar-refractivity contribution >= 4 is 15.0 Å². The fourth-order valence-corrected chi connectivity index (χ4v) is 1.37. The van der Waals surface area contributed by atoms with E-state index in [4.69, 9.17) is 4.80 Å². The van der Waals surface area contributed by atoms with Gasteiger partial charge in [-0.05, 0) is 23.2 Å². The van der Waals surface area contributed by atoms with Crippen molar-refractivity contribution < 1.29 is 4.80 Å². The zero-order chi connectivity index (χ0) is 8.27. The Hall–Kier alpha value is -0.863. The van der Waals surface area contributed by atoms with E-state index in [0.29, 0.717) is 0 Å². The highest BCUT2D eigenvalue weighted by molar-refractivity contribution is 6.53. The van der Waals surface area contributed by atoms with Crippen molar-refractivity contribution in [3.8, 4) is 0 Å². The minimum Gasteiger partial charge on any atom is -0.428 e. The van der Waals surface area contributed by atoms with Crippen LogP contribution in [0.5, 0.6) is 0 Å². The second-order valence-corrected chi connectivity index (χ2v) is 3.23. The highest BCUT2D eigenvalue weighted by atomic mass is 28.2. The summed E-state index contributed by atoms with van der Waals surface area (Å²) >= 11 is 0. The molecule has 0 saturated carbocycles. The van der Waals surface area contributed by atoms with Gasteiger partial charge in [-0.1, -0.05) is 30.8 Å². The first-order valence-corrected chi connectivity index (χ1v) is 4.35. The second-order valence-electron chi connectivity index (χ2n) is 2.41. The zero-order valence-corrected chi connectivity index (χ0v) is 7.46. The first-order valence-electron chi connectivity index (χ1n) is 3.40. The summed E-state index contributed by atoms with van der Waals surface area (Å²) in [6.45, 7) is 5.78. The van der Waals surface area contributed by atoms with Gasteiger partial charge in [0.2, 0.25) is 0 Å². The van der Waals surface area contributed by atoms with Crippen LogP contribution in [0.4, 0.5) is 0 Å². The maximum absolute atomic E-state index is 8.84. The van der Waals surface area contributed by atoms with Gasteiger partial charge >= 0.3 is 0 Å². The van der Waals surface area contributed by atoms with Crippen molar-refractivity contribution in [2.75, 3.05) is 0 Å². The first-order chi connectivity index (χ1) is 5.25. The van der Waals surface area contributed by atoms with Gasteiger partial charge in [0.1, 0.15) is 0 Å². The monoisotopic (exact) mass is 162 g/mol. The van der Waals surface area contributed by atoms with Crippen molar-refractivity contribution in [2.45, 2.75) is 6.92 Å². The fraction of sp³-hybridized carbons (Fsp3) is 0.111. The normalized spacial score (nSPS) is 9.64. The molecule has 0 heterocycles. The molecule has 1 nitrogen and oxygen atoms in total. The molecule has 0 aliphatic rings. The summed E-state index contributed by atoms with van der Waals surface area (Å²) in [7, 11) is -0.189. The standard InChI is InChI=1S/C9H10OSi/c1-7-5-3-4-6-9(7)8(2)11-10/h3-6,10H,2H2,1H3. The maximum Gasteiger partial charge on any atom is 0.265 e. The average molecular weight is 162 g/mol. The SMILES string of the molecule is C=C([Si]O)c1ccccc1C. The van der Waals surface area contributed by atoms with Crippen LogP contribution in [0.2, 0.25) is 0 Å². The van der Waals surface area contributed by atoms with Crippen LogP contribution in [-0.4, -0.2) is 14.6 Å². The molecule has 1 rings (SSSR count). The third-order valence-electron chi connectivity index (χ3n) is 1.61. The van der Waals surface area contributed by atoms with E-state index in [1.54, 1.807) is 0 Å². The van der Waals surface area contributed by atoms with Crippen LogP contribution >= 0.6 is 0 Å². The van der Waals surface area contributed by atoms with Crippen LogP contribution < -0.4 is 0 Å². The first kappa shape index (κ1) is 8.24. The zero-order valence-electron chi connectivity index (χ0n) is 6.46. The lowest BCUT2D eigenvalue weighted by Gasteiger charge is -2.03. The molecule has 1 aromatic rings. The Kier molecular flexibility index (Phi) is 2.62. The molecule has 2 heteroatoms.